The number of hydrogen-bond acceptors (Lipinski definition) is 1. The zero-order valence-corrected chi connectivity index (χ0v) is 10.9. The molecule has 0 aliphatic carbocycles. The predicted octanol–water partition coefficient (Wildman–Crippen LogP) is 4.73. The second-order valence-corrected chi connectivity index (χ2v) is 4.60. The SMILES string of the molecule is CC(Oc1cc(F)ccc1Br)c1ccccc1. The van der Waals surface area contributed by atoms with Crippen LogP contribution in [0.5, 0.6) is 5.75 Å². The van der Waals surface area contributed by atoms with E-state index in [2.05, 4.69) is 15.9 Å². The van der Waals surface area contributed by atoms with Crippen LogP contribution < -0.4 is 4.74 Å². The molecule has 0 saturated heterocycles. The molecule has 2 aromatic carbocycles. The summed E-state index contributed by atoms with van der Waals surface area (Å²) in [7, 11) is 0. The van der Waals surface area contributed by atoms with Gasteiger partial charge in [-0.15, -0.1) is 0 Å². The van der Waals surface area contributed by atoms with Gasteiger partial charge in [0, 0.05) is 6.07 Å². The fraction of sp³-hybridized carbons (Fsp3) is 0.143. The fourth-order valence-electron chi connectivity index (χ4n) is 1.55. The van der Waals surface area contributed by atoms with Crippen molar-refractivity contribution in [3.8, 4) is 5.75 Å². The van der Waals surface area contributed by atoms with E-state index in [9.17, 15) is 4.39 Å². The highest BCUT2D eigenvalue weighted by Gasteiger charge is 2.09. The lowest BCUT2D eigenvalue weighted by atomic mass is 10.1. The molecule has 0 aliphatic rings. The summed E-state index contributed by atoms with van der Waals surface area (Å²) in [6.07, 6.45) is -0.116. The van der Waals surface area contributed by atoms with E-state index in [0.29, 0.717) is 5.75 Å². The van der Waals surface area contributed by atoms with E-state index < -0.39 is 0 Å². The van der Waals surface area contributed by atoms with Gasteiger partial charge < -0.3 is 4.74 Å². The van der Waals surface area contributed by atoms with Crippen LogP contribution in [0.25, 0.3) is 0 Å². The number of rotatable bonds is 3. The van der Waals surface area contributed by atoms with E-state index in [1.807, 2.05) is 37.3 Å². The lowest BCUT2D eigenvalue weighted by Crippen LogP contribution is -2.03. The zero-order valence-electron chi connectivity index (χ0n) is 9.36. The van der Waals surface area contributed by atoms with Gasteiger partial charge >= 0.3 is 0 Å². The molecule has 0 aromatic heterocycles. The average Bonchev–Trinajstić information content (AvgIpc) is 2.35. The molecule has 0 amide bonds. The van der Waals surface area contributed by atoms with E-state index in [-0.39, 0.29) is 11.9 Å². The standard InChI is InChI=1S/C14H12BrFO/c1-10(11-5-3-2-4-6-11)17-14-9-12(16)7-8-13(14)15/h2-10H,1H3. The Balaban J connectivity index is 2.18. The normalized spacial score (nSPS) is 12.2. The van der Waals surface area contributed by atoms with Crippen molar-refractivity contribution >= 4 is 15.9 Å². The molecular formula is C14H12BrFO. The van der Waals surface area contributed by atoms with Crippen LogP contribution in [0.1, 0.15) is 18.6 Å². The van der Waals surface area contributed by atoms with E-state index >= 15 is 0 Å². The third-order valence-corrected chi connectivity index (χ3v) is 3.12. The first-order valence-electron chi connectivity index (χ1n) is 5.33. The summed E-state index contributed by atoms with van der Waals surface area (Å²) in [5.74, 6) is 0.213. The van der Waals surface area contributed by atoms with Crippen LogP contribution in [0.15, 0.2) is 53.0 Å². The summed E-state index contributed by atoms with van der Waals surface area (Å²) in [6.45, 7) is 1.94. The molecular weight excluding hydrogens is 283 g/mol. The van der Waals surface area contributed by atoms with Crippen LogP contribution in [-0.2, 0) is 0 Å². The van der Waals surface area contributed by atoms with Gasteiger partial charge in [-0.05, 0) is 40.5 Å². The summed E-state index contributed by atoms with van der Waals surface area (Å²) >= 11 is 3.34. The van der Waals surface area contributed by atoms with Gasteiger partial charge in [-0.1, -0.05) is 30.3 Å². The Hall–Kier alpha value is -1.35. The third-order valence-electron chi connectivity index (χ3n) is 2.47. The molecule has 0 bridgehead atoms. The highest BCUT2D eigenvalue weighted by Crippen LogP contribution is 2.29. The van der Waals surface area contributed by atoms with Gasteiger partial charge in [-0.3, -0.25) is 0 Å². The predicted molar refractivity (Wildman–Crippen MR) is 69.6 cm³/mol. The molecule has 0 aliphatic heterocycles. The van der Waals surface area contributed by atoms with Crippen molar-refractivity contribution < 1.29 is 9.13 Å². The molecule has 17 heavy (non-hydrogen) atoms. The third kappa shape index (κ3) is 3.07. The molecule has 1 atom stereocenters. The summed E-state index contributed by atoms with van der Waals surface area (Å²) in [6, 6.07) is 14.2. The van der Waals surface area contributed by atoms with Crippen LogP contribution in [0.4, 0.5) is 4.39 Å². The minimum Gasteiger partial charge on any atom is -0.485 e. The van der Waals surface area contributed by atoms with Gasteiger partial charge in [0.25, 0.3) is 0 Å². The smallest absolute Gasteiger partial charge is 0.137 e. The Morgan fingerprint density at radius 2 is 1.82 bits per heavy atom. The maximum Gasteiger partial charge on any atom is 0.137 e. The molecule has 0 spiro atoms. The van der Waals surface area contributed by atoms with Crippen LogP contribution in [-0.4, -0.2) is 0 Å². The maximum absolute atomic E-state index is 13.1. The molecule has 0 heterocycles. The summed E-state index contributed by atoms with van der Waals surface area (Å²) in [5.41, 5.74) is 1.06. The average molecular weight is 295 g/mol. The van der Waals surface area contributed by atoms with Gasteiger partial charge in [-0.25, -0.2) is 4.39 Å². The van der Waals surface area contributed by atoms with Crippen molar-refractivity contribution in [3.05, 3.63) is 64.4 Å². The monoisotopic (exact) mass is 294 g/mol. The first-order valence-corrected chi connectivity index (χ1v) is 6.13. The highest BCUT2D eigenvalue weighted by molar-refractivity contribution is 9.10. The van der Waals surface area contributed by atoms with Gasteiger partial charge in [0.15, 0.2) is 0 Å². The summed E-state index contributed by atoms with van der Waals surface area (Å²) in [5, 5.41) is 0. The number of hydrogen-bond donors (Lipinski definition) is 0. The van der Waals surface area contributed by atoms with Crippen molar-refractivity contribution in [2.24, 2.45) is 0 Å². The number of ether oxygens (including phenoxy) is 1. The minimum atomic E-state index is -0.302. The first kappa shape index (κ1) is 12.1. The summed E-state index contributed by atoms with van der Waals surface area (Å²) in [4.78, 5) is 0. The van der Waals surface area contributed by atoms with E-state index in [1.54, 1.807) is 6.07 Å². The molecule has 0 radical (unpaired) electrons. The van der Waals surface area contributed by atoms with Crippen molar-refractivity contribution in [3.63, 3.8) is 0 Å². The number of halogens is 2. The lowest BCUT2D eigenvalue weighted by Gasteiger charge is -2.16. The van der Waals surface area contributed by atoms with E-state index in [1.165, 1.54) is 12.1 Å². The Bertz CT molecular complexity index is 499. The molecule has 0 N–H and O–H groups in total. The second kappa shape index (κ2) is 5.32. The van der Waals surface area contributed by atoms with Gasteiger partial charge in [0.05, 0.1) is 4.47 Å². The molecule has 1 unspecified atom stereocenters. The van der Waals surface area contributed by atoms with Crippen LogP contribution in [0, 0.1) is 5.82 Å². The van der Waals surface area contributed by atoms with Crippen LogP contribution >= 0.6 is 15.9 Å². The molecule has 3 heteroatoms. The van der Waals surface area contributed by atoms with Crippen molar-refractivity contribution in [2.75, 3.05) is 0 Å². The quantitative estimate of drug-likeness (QED) is 0.795. The second-order valence-electron chi connectivity index (χ2n) is 3.75. The molecule has 2 aromatic rings. The molecule has 88 valence electrons. The Morgan fingerprint density at radius 1 is 1.12 bits per heavy atom. The Morgan fingerprint density at radius 3 is 2.53 bits per heavy atom. The minimum absolute atomic E-state index is 0.116. The Kier molecular flexibility index (Phi) is 3.79. The van der Waals surface area contributed by atoms with Gasteiger partial charge in [0.1, 0.15) is 17.7 Å². The number of benzene rings is 2. The van der Waals surface area contributed by atoms with Crippen molar-refractivity contribution in [2.45, 2.75) is 13.0 Å². The largest absolute Gasteiger partial charge is 0.485 e. The fourth-order valence-corrected chi connectivity index (χ4v) is 1.89. The maximum atomic E-state index is 13.1. The topological polar surface area (TPSA) is 9.23 Å². The van der Waals surface area contributed by atoms with E-state index in [4.69, 9.17) is 4.74 Å². The zero-order chi connectivity index (χ0) is 12.3. The summed E-state index contributed by atoms with van der Waals surface area (Å²) < 4.78 is 19.6. The highest BCUT2D eigenvalue weighted by atomic mass is 79.9. The molecule has 0 saturated carbocycles. The van der Waals surface area contributed by atoms with Gasteiger partial charge in [-0.2, -0.15) is 0 Å². The van der Waals surface area contributed by atoms with Crippen molar-refractivity contribution in [1.82, 2.24) is 0 Å². The lowest BCUT2D eigenvalue weighted by molar-refractivity contribution is 0.224. The van der Waals surface area contributed by atoms with E-state index in [0.717, 1.165) is 10.0 Å². The molecule has 1 nitrogen and oxygen atoms in total. The van der Waals surface area contributed by atoms with Crippen LogP contribution in [0.2, 0.25) is 0 Å². The first-order chi connectivity index (χ1) is 8.16. The molecule has 0 fully saturated rings. The van der Waals surface area contributed by atoms with Crippen molar-refractivity contribution in [1.29, 1.82) is 0 Å². The van der Waals surface area contributed by atoms with Gasteiger partial charge in [0.2, 0.25) is 0 Å². The Labute approximate surface area is 108 Å². The van der Waals surface area contributed by atoms with Crippen LogP contribution in [0.3, 0.4) is 0 Å². The molecule has 2 rings (SSSR count).